The first-order valence-electron chi connectivity index (χ1n) is 13.7. The van der Waals surface area contributed by atoms with Gasteiger partial charge in [0.1, 0.15) is 0 Å². The third-order valence-corrected chi connectivity index (χ3v) is 6.80. The van der Waals surface area contributed by atoms with Gasteiger partial charge in [-0.3, -0.25) is 0 Å². The van der Waals surface area contributed by atoms with Crippen LogP contribution in [0, 0.1) is 0 Å². The predicted molar refractivity (Wildman–Crippen MR) is 125 cm³/mol. The minimum Gasteiger partial charge on any atom is -0.195 e. The first-order chi connectivity index (χ1) is 19.3. The van der Waals surface area contributed by atoms with Crippen LogP contribution in [0.1, 0.15) is 103 Å². The van der Waals surface area contributed by atoms with Gasteiger partial charge in [0.15, 0.2) is 0 Å². The Morgan fingerprint density at radius 3 is 0.953 bits per heavy atom. The molecule has 17 heteroatoms. The Hall–Kier alpha value is -1.45. The van der Waals surface area contributed by atoms with E-state index in [0.29, 0.717) is 12.8 Å². The highest BCUT2D eigenvalue weighted by Crippen LogP contribution is 2.64. The summed E-state index contributed by atoms with van der Waals surface area (Å²) in [4.78, 5) is 0. The molecule has 0 nitrogen and oxygen atoms in total. The van der Waals surface area contributed by atoms with Crippen LogP contribution in [0.15, 0.2) is 12.2 Å². The van der Waals surface area contributed by atoms with Gasteiger partial charge >= 0.3 is 47.6 Å². The summed E-state index contributed by atoms with van der Waals surface area (Å²) in [7, 11) is 0. The lowest BCUT2D eigenvalue weighted by molar-refractivity contribution is -0.459. The van der Waals surface area contributed by atoms with Crippen molar-refractivity contribution in [2.24, 2.45) is 0 Å². The van der Waals surface area contributed by atoms with Gasteiger partial charge in [-0.05, 0) is 18.9 Å². The molecule has 0 aliphatic heterocycles. The van der Waals surface area contributed by atoms with Crippen molar-refractivity contribution in [1.29, 1.82) is 0 Å². The Bertz CT molecular complexity index is 828. The van der Waals surface area contributed by atoms with Crippen molar-refractivity contribution in [3.05, 3.63) is 12.2 Å². The van der Waals surface area contributed by atoms with Crippen LogP contribution in [0.5, 0.6) is 0 Å². The highest BCUT2D eigenvalue weighted by atomic mass is 19.4. The van der Waals surface area contributed by atoms with Crippen LogP contribution < -0.4 is 0 Å². The van der Waals surface area contributed by atoms with Gasteiger partial charge < -0.3 is 0 Å². The van der Waals surface area contributed by atoms with E-state index in [4.69, 9.17) is 0 Å². The minimum atomic E-state index is -8.60. The van der Waals surface area contributed by atoms with Gasteiger partial charge in [0.05, 0.1) is 0 Å². The maximum Gasteiger partial charge on any atom is 0.460 e. The second-order valence-electron chi connectivity index (χ2n) is 10.4. The topological polar surface area (TPSA) is 0 Å². The van der Waals surface area contributed by atoms with E-state index >= 15 is 0 Å². The fraction of sp³-hybridized carbons (Fsp3) is 0.923. The molecular formula is C26H35F17. The minimum absolute atomic E-state index is 0.0132. The molecule has 0 saturated heterocycles. The SMILES string of the molecule is CCCCCCCCCCCCCCCCC=CC(F)(F)C(F)(F)C(F)(F)C(F)(F)C(F)(F)C(F)(F)C(F)(F)C(F)(F)F. The number of alkyl halides is 17. The Morgan fingerprint density at radius 1 is 0.349 bits per heavy atom. The van der Waals surface area contributed by atoms with E-state index in [9.17, 15) is 74.6 Å². The summed E-state index contributed by atoms with van der Waals surface area (Å²) < 4.78 is 225. The molecule has 258 valence electrons. The van der Waals surface area contributed by atoms with Gasteiger partial charge in [0, 0.05) is 0 Å². The molecule has 0 fully saturated rings. The molecule has 0 aromatic carbocycles. The van der Waals surface area contributed by atoms with Gasteiger partial charge in [-0.25, -0.2) is 0 Å². The van der Waals surface area contributed by atoms with Gasteiger partial charge in [0.25, 0.3) is 0 Å². The standard InChI is InChI=1S/C26H35F17/c1-2-3-4-5-6-7-8-9-10-11-12-13-14-15-16-17-18-19(27,28)20(29,30)21(31,32)22(33,34)23(35,36)24(37,38)25(39,40)26(41,42)43/h17-18H,2-16H2,1H3. The van der Waals surface area contributed by atoms with Crippen LogP contribution in [0.25, 0.3) is 0 Å². The summed E-state index contributed by atoms with van der Waals surface area (Å²) in [5.41, 5.74) is 0. The summed E-state index contributed by atoms with van der Waals surface area (Å²) >= 11 is 0. The molecule has 0 amide bonds. The van der Waals surface area contributed by atoms with Crippen molar-refractivity contribution < 1.29 is 74.6 Å². The first kappa shape index (κ1) is 41.5. The number of rotatable bonds is 22. The lowest BCUT2D eigenvalue weighted by Crippen LogP contribution is -2.74. The summed E-state index contributed by atoms with van der Waals surface area (Å²) in [5, 5.41) is 0. The van der Waals surface area contributed by atoms with E-state index in [2.05, 4.69) is 6.92 Å². The molecule has 0 spiro atoms. The first-order valence-corrected chi connectivity index (χ1v) is 13.7. The molecule has 0 aromatic rings. The van der Waals surface area contributed by atoms with Gasteiger partial charge in [-0.2, -0.15) is 74.6 Å². The highest BCUT2D eigenvalue weighted by molar-refractivity contribution is 5.17. The number of halogens is 17. The van der Waals surface area contributed by atoms with E-state index < -0.39 is 60.1 Å². The molecule has 0 rings (SSSR count). The average molecular weight is 671 g/mol. The van der Waals surface area contributed by atoms with Crippen molar-refractivity contribution in [1.82, 2.24) is 0 Å². The van der Waals surface area contributed by atoms with E-state index in [0.717, 1.165) is 51.4 Å². The fourth-order valence-corrected chi connectivity index (χ4v) is 3.97. The average Bonchev–Trinajstić information content (AvgIpc) is 2.87. The molecule has 0 unspecified atom stereocenters. The lowest BCUT2D eigenvalue weighted by Gasteiger charge is -2.42. The molecule has 0 aliphatic carbocycles. The van der Waals surface area contributed by atoms with E-state index in [1.807, 2.05) is 0 Å². The molecule has 0 saturated carbocycles. The zero-order valence-corrected chi connectivity index (χ0v) is 23.2. The highest BCUT2D eigenvalue weighted by Gasteiger charge is 2.95. The monoisotopic (exact) mass is 670 g/mol. The van der Waals surface area contributed by atoms with Crippen LogP contribution in [-0.4, -0.2) is 47.6 Å². The molecule has 0 bridgehead atoms. The van der Waals surface area contributed by atoms with E-state index in [1.54, 1.807) is 0 Å². The quantitative estimate of drug-likeness (QED) is 0.0611. The molecule has 0 aromatic heterocycles. The second kappa shape index (κ2) is 15.7. The molecular weight excluding hydrogens is 635 g/mol. The summed E-state index contributed by atoms with van der Waals surface area (Å²) in [6.45, 7) is 2.12. The van der Waals surface area contributed by atoms with Gasteiger partial charge in [-0.15, -0.1) is 0 Å². The van der Waals surface area contributed by atoms with Crippen LogP contribution in [0.3, 0.4) is 0 Å². The molecule has 0 radical (unpaired) electrons. The largest absolute Gasteiger partial charge is 0.460 e. The van der Waals surface area contributed by atoms with Crippen molar-refractivity contribution in [3.63, 3.8) is 0 Å². The van der Waals surface area contributed by atoms with Crippen molar-refractivity contribution in [3.8, 4) is 0 Å². The van der Waals surface area contributed by atoms with Crippen molar-refractivity contribution >= 4 is 0 Å². The summed E-state index contributed by atoms with van der Waals surface area (Å²) in [6.07, 6.45) is 3.27. The third-order valence-electron chi connectivity index (χ3n) is 6.80. The number of hydrogen-bond donors (Lipinski definition) is 0. The fourth-order valence-electron chi connectivity index (χ4n) is 3.97. The summed E-state index contributed by atoms with van der Waals surface area (Å²) in [5.74, 6) is -56.1. The summed E-state index contributed by atoms with van der Waals surface area (Å²) in [6, 6.07) is 0. The van der Waals surface area contributed by atoms with Gasteiger partial charge in [-0.1, -0.05) is 96.5 Å². The smallest absolute Gasteiger partial charge is 0.195 e. The normalized spacial score (nSPS) is 15.1. The lowest BCUT2D eigenvalue weighted by atomic mass is 9.89. The Kier molecular flexibility index (Phi) is 15.2. The Labute approximate surface area is 238 Å². The van der Waals surface area contributed by atoms with Crippen LogP contribution in [0.4, 0.5) is 74.6 Å². The van der Waals surface area contributed by atoms with Crippen molar-refractivity contribution in [2.45, 2.75) is 151 Å². The van der Waals surface area contributed by atoms with E-state index in [-0.39, 0.29) is 12.5 Å². The number of allylic oxidation sites excluding steroid dienone is 2. The second-order valence-corrected chi connectivity index (χ2v) is 10.4. The van der Waals surface area contributed by atoms with Gasteiger partial charge in [0.2, 0.25) is 0 Å². The Balaban J connectivity index is 5.07. The van der Waals surface area contributed by atoms with Crippen LogP contribution in [0.2, 0.25) is 0 Å². The zero-order valence-electron chi connectivity index (χ0n) is 23.2. The molecule has 0 atom stereocenters. The molecule has 43 heavy (non-hydrogen) atoms. The maximum absolute atomic E-state index is 13.8. The maximum atomic E-state index is 13.8. The van der Waals surface area contributed by atoms with Crippen molar-refractivity contribution in [2.75, 3.05) is 0 Å². The van der Waals surface area contributed by atoms with Crippen LogP contribution in [-0.2, 0) is 0 Å². The third kappa shape index (κ3) is 9.29. The Morgan fingerprint density at radius 2 is 0.628 bits per heavy atom. The number of hydrogen-bond acceptors (Lipinski definition) is 0. The molecule has 0 aliphatic rings. The zero-order chi connectivity index (χ0) is 34.0. The van der Waals surface area contributed by atoms with E-state index in [1.165, 1.54) is 19.3 Å². The predicted octanol–water partition coefficient (Wildman–Crippen LogP) is 12.4. The molecule has 0 N–H and O–H groups in total. The van der Waals surface area contributed by atoms with Crippen LogP contribution >= 0.6 is 0 Å². The molecule has 0 heterocycles. The number of unbranched alkanes of at least 4 members (excludes halogenated alkanes) is 14.